The Hall–Kier alpha value is -1.68. The highest BCUT2D eigenvalue weighted by Crippen LogP contribution is 2.35. The molecule has 142 valence electrons. The maximum absolute atomic E-state index is 12.7. The minimum atomic E-state index is -3.28. The molecule has 0 radical (unpaired) electrons. The van der Waals surface area contributed by atoms with Crippen molar-refractivity contribution in [1.29, 1.82) is 0 Å². The number of amides is 2. The van der Waals surface area contributed by atoms with Crippen LogP contribution in [-0.2, 0) is 19.4 Å². The van der Waals surface area contributed by atoms with Crippen molar-refractivity contribution >= 4 is 67.6 Å². The molecule has 0 aromatic heterocycles. The summed E-state index contributed by atoms with van der Waals surface area (Å²) >= 11 is 12.5. The van der Waals surface area contributed by atoms with Gasteiger partial charge in [-0.25, -0.2) is 8.42 Å². The topological polar surface area (TPSA) is 83.6 Å². The number of hydrogen-bond donors (Lipinski definition) is 1. The molecule has 0 unspecified atom stereocenters. The first-order chi connectivity index (χ1) is 12.7. The summed E-state index contributed by atoms with van der Waals surface area (Å²) in [6, 6.07) is 5.60. The van der Waals surface area contributed by atoms with Crippen molar-refractivity contribution in [1.82, 2.24) is 10.2 Å². The lowest BCUT2D eigenvalue weighted by Gasteiger charge is -2.23. The number of rotatable bonds is 4. The average molecular weight is 443 g/mol. The third-order valence-electron chi connectivity index (χ3n) is 4.04. The van der Waals surface area contributed by atoms with Gasteiger partial charge in [0.25, 0.3) is 5.91 Å². The first-order valence-corrected chi connectivity index (χ1v) is 11.2. The number of hydrogen-bond acceptors (Lipinski definition) is 6. The van der Waals surface area contributed by atoms with E-state index in [1.54, 1.807) is 37.3 Å². The molecule has 1 aromatic rings. The number of carbonyl (C=O) groups is 2. The van der Waals surface area contributed by atoms with Crippen molar-refractivity contribution in [2.24, 2.45) is 0 Å². The smallest absolute Gasteiger partial charge is 0.266 e. The summed E-state index contributed by atoms with van der Waals surface area (Å²) in [5.74, 6) is -1.05. The van der Waals surface area contributed by atoms with E-state index in [1.807, 2.05) is 0 Å². The molecular weight excluding hydrogens is 428 g/mol. The first-order valence-electron chi connectivity index (χ1n) is 7.91. The van der Waals surface area contributed by atoms with Crippen LogP contribution in [0, 0.1) is 0 Å². The van der Waals surface area contributed by atoms with Gasteiger partial charge in [-0.2, -0.15) is 0 Å². The second kappa shape index (κ2) is 7.75. The zero-order valence-electron chi connectivity index (χ0n) is 14.1. The molecule has 6 nitrogen and oxygen atoms in total. The molecule has 2 heterocycles. The Labute approximate surface area is 171 Å². The molecule has 1 fully saturated rings. The van der Waals surface area contributed by atoms with E-state index in [2.05, 4.69) is 5.32 Å². The van der Waals surface area contributed by atoms with E-state index in [4.69, 9.17) is 23.8 Å². The molecule has 0 saturated carbocycles. The number of halogens is 1. The Balaban J connectivity index is 1.74. The van der Waals surface area contributed by atoms with E-state index in [0.29, 0.717) is 15.5 Å². The average Bonchev–Trinajstić information content (AvgIpc) is 3.07. The van der Waals surface area contributed by atoms with Crippen molar-refractivity contribution in [3.8, 4) is 0 Å². The molecule has 1 N–H and O–H groups in total. The fourth-order valence-electron chi connectivity index (χ4n) is 2.63. The molecule has 27 heavy (non-hydrogen) atoms. The summed E-state index contributed by atoms with van der Waals surface area (Å²) in [5, 5.41) is 4.20. The predicted octanol–water partition coefficient (Wildman–Crippen LogP) is 2.36. The van der Waals surface area contributed by atoms with E-state index in [-0.39, 0.29) is 16.0 Å². The Morgan fingerprint density at radius 2 is 2.15 bits per heavy atom. The Kier molecular flexibility index (Phi) is 5.76. The van der Waals surface area contributed by atoms with Crippen LogP contribution in [0.2, 0.25) is 5.02 Å². The number of thioether (sulfide) groups is 1. The zero-order valence-corrected chi connectivity index (χ0v) is 17.3. The number of carbonyl (C=O) groups excluding carboxylic acids is 2. The maximum Gasteiger partial charge on any atom is 0.266 e. The minimum absolute atomic E-state index is 0.184. The van der Waals surface area contributed by atoms with Gasteiger partial charge in [0.1, 0.15) is 10.4 Å². The molecule has 1 aromatic carbocycles. The van der Waals surface area contributed by atoms with Crippen LogP contribution in [0.4, 0.5) is 0 Å². The van der Waals surface area contributed by atoms with E-state index < -0.39 is 27.8 Å². The molecule has 1 saturated heterocycles. The Morgan fingerprint density at radius 1 is 1.44 bits per heavy atom. The quantitative estimate of drug-likeness (QED) is 0.569. The number of sulfone groups is 1. The summed E-state index contributed by atoms with van der Waals surface area (Å²) in [7, 11) is -3.28. The molecule has 0 spiro atoms. The highest BCUT2D eigenvalue weighted by molar-refractivity contribution is 8.26. The lowest BCUT2D eigenvalue weighted by Crippen LogP contribution is -2.49. The van der Waals surface area contributed by atoms with Crippen LogP contribution >= 0.6 is 35.6 Å². The second-order valence-corrected chi connectivity index (χ2v) is 10.0. The van der Waals surface area contributed by atoms with Crippen LogP contribution in [0.5, 0.6) is 0 Å². The van der Waals surface area contributed by atoms with E-state index in [9.17, 15) is 18.0 Å². The molecule has 0 bridgehead atoms. The van der Waals surface area contributed by atoms with Crippen LogP contribution < -0.4 is 5.32 Å². The fraction of sp³-hybridized carbons (Fsp3) is 0.235. The molecule has 10 heteroatoms. The van der Waals surface area contributed by atoms with E-state index in [0.717, 1.165) is 17.2 Å². The Bertz CT molecular complexity index is 988. The van der Waals surface area contributed by atoms with E-state index >= 15 is 0 Å². The van der Waals surface area contributed by atoms with Crippen LogP contribution in [0.15, 0.2) is 40.7 Å². The van der Waals surface area contributed by atoms with Crippen LogP contribution in [0.25, 0.3) is 6.08 Å². The minimum Gasteiger partial charge on any atom is -0.347 e. The van der Waals surface area contributed by atoms with Gasteiger partial charge in [-0.15, -0.1) is 0 Å². The zero-order chi connectivity index (χ0) is 19.8. The van der Waals surface area contributed by atoms with Gasteiger partial charge in [0.15, 0.2) is 9.84 Å². The normalized spacial score (nSPS) is 23.9. The third kappa shape index (κ3) is 4.43. The van der Waals surface area contributed by atoms with Crippen molar-refractivity contribution < 1.29 is 18.0 Å². The largest absolute Gasteiger partial charge is 0.347 e. The van der Waals surface area contributed by atoms with Gasteiger partial charge in [0.2, 0.25) is 5.91 Å². The number of nitrogens with zero attached hydrogens (tertiary/aromatic N) is 1. The van der Waals surface area contributed by atoms with Gasteiger partial charge in [-0.05, 0) is 30.7 Å². The summed E-state index contributed by atoms with van der Waals surface area (Å²) in [6.45, 7) is 1.55. The summed E-state index contributed by atoms with van der Waals surface area (Å²) in [6.07, 6.45) is 3.06. The van der Waals surface area contributed by atoms with Gasteiger partial charge in [0.05, 0.1) is 16.7 Å². The van der Waals surface area contributed by atoms with Crippen LogP contribution in [0.3, 0.4) is 0 Å². The van der Waals surface area contributed by atoms with Crippen molar-refractivity contribution in [3.63, 3.8) is 0 Å². The molecular formula is C17H15ClN2O4S3. The van der Waals surface area contributed by atoms with Crippen molar-refractivity contribution in [3.05, 3.63) is 51.2 Å². The SMILES string of the molecule is C[C@@H](C(=O)N[C@@H]1C=CS(=O)(=O)C1)N1C(=O)/C(=C/c2ccccc2Cl)SC1=S. The van der Waals surface area contributed by atoms with Crippen molar-refractivity contribution in [2.45, 2.75) is 19.0 Å². The van der Waals surface area contributed by atoms with Crippen LogP contribution in [-0.4, -0.2) is 47.3 Å². The molecule has 3 rings (SSSR count). The molecule has 0 aliphatic carbocycles. The first kappa shape index (κ1) is 20.1. The lowest BCUT2D eigenvalue weighted by molar-refractivity contribution is -0.132. The van der Waals surface area contributed by atoms with Gasteiger partial charge in [-0.1, -0.05) is 53.8 Å². The maximum atomic E-state index is 12.7. The second-order valence-electron chi connectivity index (χ2n) is 6.02. The highest BCUT2D eigenvalue weighted by Gasteiger charge is 2.39. The van der Waals surface area contributed by atoms with Gasteiger partial charge in [0, 0.05) is 10.4 Å². The predicted molar refractivity (Wildman–Crippen MR) is 111 cm³/mol. The summed E-state index contributed by atoms with van der Waals surface area (Å²) < 4.78 is 23.2. The summed E-state index contributed by atoms with van der Waals surface area (Å²) in [5.41, 5.74) is 0.679. The number of thiocarbonyl (C=S) groups is 1. The van der Waals surface area contributed by atoms with Gasteiger partial charge >= 0.3 is 0 Å². The third-order valence-corrected chi connectivity index (χ3v) is 7.11. The van der Waals surface area contributed by atoms with Gasteiger partial charge < -0.3 is 5.32 Å². The molecule has 2 atom stereocenters. The summed E-state index contributed by atoms with van der Waals surface area (Å²) in [4.78, 5) is 26.8. The number of benzene rings is 1. The fourth-order valence-corrected chi connectivity index (χ4v) is 5.47. The molecule has 2 aliphatic rings. The van der Waals surface area contributed by atoms with Crippen LogP contribution in [0.1, 0.15) is 12.5 Å². The molecule has 2 amide bonds. The Morgan fingerprint density at radius 3 is 2.78 bits per heavy atom. The highest BCUT2D eigenvalue weighted by atomic mass is 35.5. The number of nitrogens with one attached hydrogen (secondary N) is 1. The van der Waals surface area contributed by atoms with Crippen molar-refractivity contribution in [2.75, 3.05) is 5.75 Å². The lowest BCUT2D eigenvalue weighted by atomic mass is 10.2. The monoisotopic (exact) mass is 442 g/mol. The van der Waals surface area contributed by atoms with E-state index in [1.165, 1.54) is 11.0 Å². The molecule has 2 aliphatic heterocycles. The van der Waals surface area contributed by atoms with Gasteiger partial charge in [-0.3, -0.25) is 14.5 Å². The standard InChI is InChI=1S/C17H15ClN2O4S3/c1-10(15(21)19-12-6-7-27(23,24)9-12)20-16(22)14(26-17(20)25)8-11-4-2-3-5-13(11)18/h2-8,10,12H,9H2,1H3,(H,19,21)/b14-8-/t10-,12+/m0/s1.